The third kappa shape index (κ3) is 7.28. The minimum atomic E-state index is -3.95. The highest BCUT2D eigenvalue weighted by molar-refractivity contribution is 7.91. The van der Waals surface area contributed by atoms with E-state index < -0.39 is 71.2 Å². The number of allylic oxidation sites excluding steroid dienone is 1. The van der Waals surface area contributed by atoms with Gasteiger partial charge < -0.3 is 4.90 Å². The van der Waals surface area contributed by atoms with Crippen LogP contribution in [0.4, 0.5) is 0 Å². The van der Waals surface area contributed by atoms with Gasteiger partial charge >= 0.3 is 0 Å². The number of nitrogens with zero attached hydrogens (tertiary/aromatic N) is 1. The first-order valence-corrected chi connectivity index (χ1v) is 23.1. The van der Waals surface area contributed by atoms with Crippen molar-refractivity contribution in [2.75, 3.05) is 6.54 Å². The van der Waals surface area contributed by atoms with Gasteiger partial charge in [0.05, 0.1) is 28.5 Å². The summed E-state index contributed by atoms with van der Waals surface area (Å²) in [6.07, 6.45) is 5.95. The van der Waals surface area contributed by atoms with Gasteiger partial charge in [0.2, 0.25) is 31.9 Å². The predicted octanol–water partition coefficient (Wildman–Crippen LogP) is 5.70. The second kappa shape index (κ2) is 13.6. The highest BCUT2D eigenvalue weighted by Crippen LogP contribution is 2.88. The molecule has 0 radical (unpaired) electrons. The molecule has 0 aromatic heterocycles. The number of hydrogen-bond acceptors (Lipinski definition) is 8. The van der Waals surface area contributed by atoms with Gasteiger partial charge in [-0.05, 0) is 71.7 Å². The summed E-state index contributed by atoms with van der Waals surface area (Å²) in [4.78, 5) is 59.5. The topological polar surface area (TPSA) is 164 Å². The number of carbonyl (C=O) groups excluding carboxylic acids is 4. The molecule has 0 unspecified atom stereocenters. The number of ketones is 2. The number of amides is 2. The second-order valence-electron chi connectivity index (χ2n) is 20.1. The number of carbonyl (C=O) groups is 4. The van der Waals surface area contributed by atoms with E-state index in [2.05, 4.69) is 29.9 Å². The number of fused-ring (bicyclic) bond motifs is 1. The number of likely N-dealkylation sites (tertiary alicyclic amines) is 1. The van der Waals surface area contributed by atoms with Gasteiger partial charge in [-0.25, -0.2) is 21.6 Å². The van der Waals surface area contributed by atoms with Gasteiger partial charge in [0, 0.05) is 30.7 Å². The van der Waals surface area contributed by atoms with Crippen LogP contribution in [-0.4, -0.2) is 69.0 Å². The Hall–Kier alpha value is -2.90. The molecule has 11 nitrogen and oxygen atoms in total. The normalized spacial score (nSPS) is 29.3. The number of Topliss-reactive ketones (excluding diaryl/α,β-unsaturated/α-hetero) is 2. The van der Waals surface area contributed by atoms with Crippen molar-refractivity contribution in [3.63, 3.8) is 0 Å². The lowest BCUT2D eigenvalue weighted by Crippen LogP contribution is -2.52. The van der Waals surface area contributed by atoms with E-state index in [-0.39, 0.29) is 52.4 Å². The minimum absolute atomic E-state index is 0.00832. The van der Waals surface area contributed by atoms with Crippen LogP contribution >= 0.6 is 0 Å². The molecule has 2 amide bonds. The molecule has 4 saturated carbocycles. The third-order valence-electron chi connectivity index (χ3n) is 14.5. The molecule has 55 heavy (non-hydrogen) atoms. The predicted molar refractivity (Wildman–Crippen MR) is 211 cm³/mol. The van der Waals surface area contributed by atoms with Crippen LogP contribution < -0.4 is 9.44 Å². The number of sulfonamides is 2. The molecule has 1 aliphatic heterocycles. The number of hydrogen-bond donors (Lipinski definition) is 2. The molecule has 2 N–H and O–H groups in total. The zero-order chi connectivity index (χ0) is 40.8. The first-order chi connectivity index (χ1) is 25.3. The number of benzene rings is 1. The molecule has 304 valence electrons. The Morgan fingerprint density at radius 3 is 2.02 bits per heavy atom. The van der Waals surface area contributed by atoms with Crippen LogP contribution in [0.1, 0.15) is 119 Å². The molecule has 2 spiro atoms. The molecule has 0 bridgehead atoms. The van der Waals surface area contributed by atoms with E-state index in [0.717, 1.165) is 19.3 Å². The van der Waals surface area contributed by atoms with Gasteiger partial charge in [0.1, 0.15) is 0 Å². The average molecular weight is 800 g/mol. The van der Waals surface area contributed by atoms with Crippen LogP contribution in [-0.2, 0) is 45.0 Å². The minimum Gasteiger partial charge on any atom is -0.332 e. The summed E-state index contributed by atoms with van der Waals surface area (Å²) < 4.78 is 57.4. The van der Waals surface area contributed by atoms with Crippen molar-refractivity contribution < 1.29 is 36.0 Å². The maximum atomic E-state index is 15.1. The van der Waals surface area contributed by atoms with Gasteiger partial charge in [-0.15, -0.1) is 6.58 Å². The van der Waals surface area contributed by atoms with E-state index >= 15 is 4.79 Å². The highest BCUT2D eigenvalue weighted by Gasteiger charge is 2.85. The van der Waals surface area contributed by atoms with E-state index in [9.17, 15) is 31.2 Å². The molecule has 4 aliphatic carbocycles. The molecule has 5 aliphatic rings. The third-order valence-corrected chi connectivity index (χ3v) is 17.6. The lowest BCUT2D eigenvalue weighted by atomic mass is 9.73. The van der Waals surface area contributed by atoms with Crippen LogP contribution in [0.2, 0.25) is 0 Å². The van der Waals surface area contributed by atoms with E-state index in [1.807, 2.05) is 20.8 Å². The van der Waals surface area contributed by atoms with Crippen LogP contribution in [0, 0.1) is 44.3 Å². The molecular formula is C42H61N3O8S2. The molecule has 1 heterocycles. The molecule has 5 fully saturated rings. The second-order valence-corrected chi connectivity index (χ2v) is 23.8. The van der Waals surface area contributed by atoms with E-state index in [0.29, 0.717) is 37.8 Å². The van der Waals surface area contributed by atoms with Gasteiger partial charge in [-0.3, -0.25) is 23.9 Å². The Bertz CT molecular complexity index is 1970. The van der Waals surface area contributed by atoms with Gasteiger partial charge in [0.25, 0.3) is 0 Å². The first kappa shape index (κ1) is 41.7. The molecule has 6 atom stereocenters. The Labute approximate surface area is 328 Å². The zero-order valence-corrected chi connectivity index (χ0v) is 35.5. The van der Waals surface area contributed by atoms with E-state index in [4.69, 9.17) is 0 Å². The van der Waals surface area contributed by atoms with Crippen LogP contribution in [0.15, 0.2) is 43.0 Å². The Morgan fingerprint density at radius 1 is 0.927 bits per heavy atom. The van der Waals surface area contributed by atoms with Crippen molar-refractivity contribution in [1.82, 2.24) is 14.3 Å². The smallest absolute Gasteiger partial charge is 0.240 e. The van der Waals surface area contributed by atoms with Crippen molar-refractivity contribution in [3.8, 4) is 0 Å². The van der Waals surface area contributed by atoms with Crippen molar-refractivity contribution in [2.24, 2.45) is 44.3 Å². The first-order valence-electron chi connectivity index (χ1n) is 19.9. The molecule has 1 saturated heterocycles. The summed E-state index contributed by atoms with van der Waals surface area (Å²) >= 11 is 0. The largest absolute Gasteiger partial charge is 0.332 e. The van der Waals surface area contributed by atoms with Gasteiger partial charge in [0.15, 0.2) is 11.6 Å². The maximum Gasteiger partial charge on any atom is 0.240 e. The maximum absolute atomic E-state index is 15.1. The van der Waals surface area contributed by atoms with Crippen molar-refractivity contribution in [3.05, 3.63) is 48.6 Å². The van der Waals surface area contributed by atoms with Crippen LogP contribution in [0.5, 0.6) is 0 Å². The standard InChI is InChI=1S/C42H61N3O8S2/c1-10-28-22-40(28,36(49)44-55(52,53)29-17-18-29)24-33(47)31-23-42(39(8,9)41(42)19-14-20-41)26-45(31)35(48)30(37(2,3)4)21-32(46)34(38(5,6)7)43-54(50,51)25-27-15-12-11-13-16-27/h10-13,15-16,28-31,34,43H,1,14,17-26H2,2-9H3,(H,44,49)/t28-,30-,31+,34-,40-,42-/m1/s1. The van der Waals surface area contributed by atoms with Crippen molar-refractivity contribution in [1.29, 1.82) is 0 Å². The summed E-state index contributed by atoms with van der Waals surface area (Å²) in [7, 11) is -7.79. The lowest BCUT2D eigenvalue weighted by molar-refractivity contribution is -0.146. The SMILES string of the molecule is C=C[C@@H]1C[C@]1(CC(=O)[C@@H]1C[C@@]2(CN1C(=O)[C@@H](CC(=O)[C@@H](NS(=O)(=O)Cc1ccccc1)C(C)(C)C)C(C)(C)C)C(C)(C)C21CCC1)C(=O)NS(=O)(=O)C1CC1. The number of rotatable bonds is 15. The monoisotopic (exact) mass is 799 g/mol. The Morgan fingerprint density at radius 2 is 1.55 bits per heavy atom. The summed E-state index contributed by atoms with van der Waals surface area (Å²) in [6.45, 7) is 19.6. The molecule has 13 heteroatoms. The summed E-state index contributed by atoms with van der Waals surface area (Å²) in [5.41, 5.74) is -2.68. The zero-order valence-electron chi connectivity index (χ0n) is 33.9. The molecule has 1 aromatic carbocycles. The molecular weight excluding hydrogens is 739 g/mol. The number of nitrogens with one attached hydrogen (secondary N) is 2. The summed E-state index contributed by atoms with van der Waals surface area (Å²) in [5, 5.41) is -0.599. The molecule has 6 rings (SSSR count). The van der Waals surface area contributed by atoms with Gasteiger partial charge in [-0.1, -0.05) is 98.2 Å². The molecule has 1 aromatic rings. The fourth-order valence-electron chi connectivity index (χ4n) is 10.4. The lowest BCUT2D eigenvalue weighted by Gasteiger charge is -2.37. The van der Waals surface area contributed by atoms with Crippen molar-refractivity contribution >= 4 is 43.4 Å². The van der Waals surface area contributed by atoms with E-state index in [1.165, 1.54) is 0 Å². The van der Waals surface area contributed by atoms with Crippen molar-refractivity contribution in [2.45, 2.75) is 136 Å². The Kier molecular flexibility index (Phi) is 10.3. The van der Waals surface area contributed by atoms with Crippen LogP contribution in [0.3, 0.4) is 0 Å². The quantitative estimate of drug-likeness (QED) is 0.214. The van der Waals surface area contributed by atoms with Gasteiger partial charge in [-0.2, -0.15) is 0 Å². The Balaban J connectivity index is 1.28. The summed E-state index contributed by atoms with van der Waals surface area (Å²) in [5.74, 6) is -3.27. The van der Waals surface area contributed by atoms with E-state index in [1.54, 1.807) is 62.1 Å². The highest BCUT2D eigenvalue weighted by atomic mass is 32.2. The fourth-order valence-corrected chi connectivity index (χ4v) is 13.4. The van der Waals surface area contributed by atoms with Crippen LogP contribution in [0.25, 0.3) is 0 Å². The summed E-state index contributed by atoms with van der Waals surface area (Å²) in [6, 6.07) is 6.76. The fraction of sp³-hybridized carbons (Fsp3) is 0.714. The average Bonchev–Trinajstić information content (AvgIpc) is 3.99.